The van der Waals surface area contributed by atoms with Gasteiger partial charge in [-0.25, -0.2) is 0 Å². The van der Waals surface area contributed by atoms with Gasteiger partial charge < -0.3 is 15.5 Å². The predicted octanol–water partition coefficient (Wildman–Crippen LogP) is 9.51. The maximum absolute atomic E-state index is 12.2. The van der Waals surface area contributed by atoms with Crippen molar-refractivity contribution in [2.45, 2.75) is 174 Å². The number of carbonyl (C=O) groups excluding carboxylic acids is 1. The number of nitrogens with one attached hydrogen (secondary N) is 1. The van der Waals surface area contributed by atoms with Crippen LogP contribution in [-0.2, 0) is 4.79 Å². The minimum absolute atomic E-state index is 0.0935. The first-order valence-electron chi connectivity index (χ1n) is 16.7. The SMILES string of the molecule is CCCCCCCC/C=C\CCCCCC(=O)NC(CO)C(O)/C=C/CC/C=C/CCCCCCCCCC. The lowest BCUT2D eigenvalue weighted by molar-refractivity contribution is -0.123. The van der Waals surface area contributed by atoms with Gasteiger partial charge in [0.25, 0.3) is 0 Å². The average Bonchev–Trinajstić information content (AvgIpc) is 2.94. The van der Waals surface area contributed by atoms with Crippen molar-refractivity contribution in [3.63, 3.8) is 0 Å². The Bertz CT molecular complexity index is 599. The number of unbranched alkanes of at least 4 members (excludes halogenated alkanes) is 18. The van der Waals surface area contributed by atoms with E-state index < -0.39 is 12.1 Å². The van der Waals surface area contributed by atoms with Crippen molar-refractivity contribution in [1.29, 1.82) is 0 Å². The Morgan fingerprint density at radius 3 is 1.49 bits per heavy atom. The number of rotatable bonds is 29. The van der Waals surface area contributed by atoms with Crippen LogP contribution in [0.15, 0.2) is 36.5 Å². The highest BCUT2D eigenvalue weighted by Crippen LogP contribution is 2.11. The lowest BCUT2D eigenvalue weighted by Gasteiger charge is -2.19. The van der Waals surface area contributed by atoms with Crippen molar-refractivity contribution in [2.24, 2.45) is 0 Å². The first kappa shape index (κ1) is 37.6. The molecule has 0 aliphatic rings. The number of carbonyl (C=O) groups is 1. The van der Waals surface area contributed by atoms with Gasteiger partial charge in [-0.3, -0.25) is 4.79 Å². The smallest absolute Gasteiger partial charge is 0.220 e. The third-order valence-electron chi connectivity index (χ3n) is 7.35. The van der Waals surface area contributed by atoms with Gasteiger partial charge in [0, 0.05) is 6.42 Å². The molecule has 39 heavy (non-hydrogen) atoms. The first-order chi connectivity index (χ1) is 19.2. The van der Waals surface area contributed by atoms with Crippen molar-refractivity contribution in [3.8, 4) is 0 Å². The van der Waals surface area contributed by atoms with E-state index in [-0.39, 0.29) is 12.5 Å². The molecule has 0 radical (unpaired) electrons. The van der Waals surface area contributed by atoms with Crippen LogP contribution in [0.1, 0.15) is 162 Å². The molecule has 0 bridgehead atoms. The molecule has 0 aromatic heterocycles. The summed E-state index contributed by atoms with van der Waals surface area (Å²) in [6.45, 7) is 4.25. The van der Waals surface area contributed by atoms with Gasteiger partial charge in [-0.15, -0.1) is 0 Å². The number of allylic oxidation sites excluding steroid dienone is 5. The molecule has 0 saturated heterocycles. The fourth-order valence-electron chi connectivity index (χ4n) is 4.71. The summed E-state index contributed by atoms with van der Waals surface area (Å²) in [4.78, 5) is 12.2. The number of aliphatic hydroxyl groups is 2. The molecule has 4 heteroatoms. The van der Waals surface area contributed by atoms with Crippen molar-refractivity contribution in [3.05, 3.63) is 36.5 Å². The first-order valence-corrected chi connectivity index (χ1v) is 16.7. The molecular formula is C35H65NO3. The van der Waals surface area contributed by atoms with Crippen molar-refractivity contribution < 1.29 is 15.0 Å². The van der Waals surface area contributed by atoms with Gasteiger partial charge in [-0.1, -0.05) is 134 Å². The average molecular weight is 548 g/mol. The normalized spacial score (nSPS) is 13.6. The zero-order valence-electron chi connectivity index (χ0n) is 25.9. The van der Waals surface area contributed by atoms with E-state index in [1.807, 2.05) is 6.08 Å². The molecular weight excluding hydrogens is 482 g/mol. The van der Waals surface area contributed by atoms with Gasteiger partial charge in [0.15, 0.2) is 0 Å². The summed E-state index contributed by atoms with van der Waals surface area (Å²) < 4.78 is 0. The topological polar surface area (TPSA) is 69.6 Å². The van der Waals surface area contributed by atoms with Crippen LogP contribution < -0.4 is 5.32 Å². The molecule has 2 unspecified atom stereocenters. The summed E-state index contributed by atoms with van der Waals surface area (Å²) in [5.41, 5.74) is 0. The summed E-state index contributed by atoms with van der Waals surface area (Å²) >= 11 is 0. The highest BCUT2D eigenvalue weighted by molar-refractivity contribution is 5.76. The molecule has 4 nitrogen and oxygen atoms in total. The van der Waals surface area contributed by atoms with E-state index in [9.17, 15) is 15.0 Å². The Labute approximate surface area is 242 Å². The maximum Gasteiger partial charge on any atom is 0.220 e. The van der Waals surface area contributed by atoms with Crippen LogP contribution in [0.25, 0.3) is 0 Å². The van der Waals surface area contributed by atoms with Gasteiger partial charge in [0.1, 0.15) is 0 Å². The number of hydrogen-bond donors (Lipinski definition) is 3. The highest BCUT2D eigenvalue weighted by Gasteiger charge is 2.17. The van der Waals surface area contributed by atoms with Crippen LogP contribution in [0.5, 0.6) is 0 Å². The van der Waals surface area contributed by atoms with Gasteiger partial charge in [0.05, 0.1) is 18.8 Å². The molecule has 0 aliphatic carbocycles. The molecule has 2 atom stereocenters. The molecule has 0 heterocycles. The minimum atomic E-state index is -0.864. The lowest BCUT2D eigenvalue weighted by atomic mass is 10.1. The zero-order valence-corrected chi connectivity index (χ0v) is 25.9. The van der Waals surface area contributed by atoms with Gasteiger partial charge in [-0.2, -0.15) is 0 Å². The Kier molecular flexibility index (Phi) is 30.0. The van der Waals surface area contributed by atoms with E-state index in [0.717, 1.165) is 44.9 Å². The Hall–Kier alpha value is -1.39. The van der Waals surface area contributed by atoms with Crippen LogP contribution in [0, 0.1) is 0 Å². The zero-order chi connectivity index (χ0) is 28.7. The Morgan fingerprint density at radius 1 is 0.590 bits per heavy atom. The second kappa shape index (κ2) is 31.1. The van der Waals surface area contributed by atoms with Gasteiger partial charge in [0.2, 0.25) is 5.91 Å². The second-order valence-electron chi connectivity index (χ2n) is 11.2. The third-order valence-corrected chi connectivity index (χ3v) is 7.35. The summed E-state index contributed by atoms with van der Waals surface area (Å²) in [7, 11) is 0. The predicted molar refractivity (Wildman–Crippen MR) is 170 cm³/mol. The minimum Gasteiger partial charge on any atom is -0.394 e. The fourth-order valence-corrected chi connectivity index (χ4v) is 4.71. The van der Waals surface area contributed by atoms with E-state index in [0.29, 0.717) is 6.42 Å². The molecule has 0 aliphatic heterocycles. The third kappa shape index (κ3) is 28.0. The maximum atomic E-state index is 12.2. The lowest BCUT2D eigenvalue weighted by Crippen LogP contribution is -2.45. The summed E-state index contributed by atoms with van der Waals surface area (Å²) in [6.07, 6.45) is 39.3. The van der Waals surface area contributed by atoms with E-state index >= 15 is 0 Å². The van der Waals surface area contributed by atoms with Gasteiger partial charge >= 0.3 is 0 Å². The van der Waals surface area contributed by atoms with Crippen LogP contribution in [0.4, 0.5) is 0 Å². The monoisotopic (exact) mass is 547 g/mol. The molecule has 0 fully saturated rings. The van der Waals surface area contributed by atoms with Crippen molar-refractivity contribution in [1.82, 2.24) is 5.32 Å². The van der Waals surface area contributed by atoms with E-state index in [1.165, 1.54) is 96.3 Å². The Morgan fingerprint density at radius 2 is 1.00 bits per heavy atom. The summed E-state index contributed by atoms with van der Waals surface area (Å²) in [5.74, 6) is -0.0935. The number of hydrogen-bond acceptors (Lipinski definition) is 3. The van der Waals surface area contributed by atoms with Crippen LogP contribution in [0.2, 0.25) is 0 Å². The molecule has 0 aromatic rings. The molecule has 0 saturated carbocycles. The largest absolute Gasteiger partial charge is 0.394 e. The summed E-state index contributed by atoms with van der Waals surface area (Å²) in [5, 5.41) is 22.8. The van der Waals surface area contributed by atoms with Crippen LogP contribution in [0.3, 0.4) is 0 Å². The molecule has 0 aromatic carbocycles. The number of aliphatic hydroxyl groups excluding tert-OH is 2. The summed E-state index contributed by atoms with van der Waals surface area (Å²) in [6, 6.07) is -0.642. The standard InChI is InChI=1S/C35H65NO3/c1-3-5-7-9-11-13-15-17-19-20-22-24-26-28-30-34(38)33(32-37)36-35(39)31-29-27-25-23-21-18-16-14-12-10-8-6-4-2/h18,20-22,28,30,33-34,37-38H,3-17,19,23-27,29,31-32H2,1-2H3,(H,36,39)/b21-18-,22-20+,30-28+. The Balaban J connectivity index is 3.75. The molecule has 0 spiro atoms. The van der Waals surface area contributed by atoms with Crippen LogP contribution >= 0.6 is 0 Å². The molecule has 228 valence electrons. The molecule has 3 N–H and O–H groups in total. The van der Waals surface area contributed by atoms with Crippen molar-refractivity contribution in [2.75, 3.05) is 6.61 Å². The van der Waals surface area contributed by atoms with Gasteiger partial charge in [-0.05, 0) is 57.8 Å². The van der Waals surface area contributed by atoms with E-state index in [2.05, 4.69) is 43.5 Å². The highest BCUT2D eigenvalue weighted by atomic mass is 16.3. The van der Waals surface area contributed by atoms with Crippen molar-refractivity contribution >= 4 is 5.91 Å². The molecule has 1 amide bonds. The fraction of sp³-hybridized carbons (Fsp3) is 0.800. The van der Waals surface area contributed by atoms with E-state index in [1.54, 1.807) is 6.08 Å². The molecule has 0 rings (SSSR count). The van der Waals surface area contributed by atoms with Crippen LogP contribution in [-0.4, -0.2) is 34.9 Å². The van der Waals surface area contributed by atoms with E-state index in [4.69, 9.17) is 0 Å². The quantitative estimate of drug-likeness (QED) is 0.0645. The number of amides is 1. The second-order valence-corrected chi connectivity index (χ2v) is 11.2.